The molecular formula is C27H29NO5. The molecule has 2 atom stereocenters. The average Bonchev–Trinajstić information content (AvgIpc) is 3.27. The van der Waals surface area contributed by atoms with E-state index < -0.39 is 30.7 Å². The molecule has 1 saturated carbocycles. The zero-order valence-electron chi connectivity index (χ0n) is 22.2. The van der Waals surface area contributed by atoms with Crippen molar-refractivity contribution in [1.29, 1.82) is 0 Å². The smallest absolute Gasteiger partial charge is 0.303 e. The van der Waals surface area contributed by atoms with Crippen LogP contribution in [-0.4, -0.2) is 34.5 Å². The van der Waals surface area contributed by atoms with E-state index in [0.29, 0.717) is 48.3 Å². The van der Waals surface area contributed by atoms with Gasteiger partial charge in [-0.05, 0) is 55.8 Å². The van der Waals surface area contributed by atoms with Gasteiger partial charge in [0.05, 0.1) is 20.5 Å². The number of hydrogen-bond donors (Lipinski definition) is 1. The SMILES string of the molecule is [2H]C1C([2H])([2H])C1([2H])N(Cc1ccccc1OCCCCCC(=O)O)C(=O)c1ccccc1-c1ccoc1. The summed E-state index contributed by atoms with van der Waals surface area (Å²) in [5, 5.41) is 8.77. The Morgan fingerprint density at radius 2 is 1.91 bits per heavy atom. The standard InChI is InChI=1S/C27H29NO5/c29-26(30)12-2-1-7-16-33-25-11-6-3-8-20(25)18-28(22-13-14-22)27(31)24-10-5-4-9-23(24)21-15-17-32-19-21/h3-6,8-11,15,17,19,22H,1-2,7,12-14,16,18H2,(H,29,30)/i13D,14D2,22D. The second-order valence-electron chi connectivity index (χ2n) is 7.78. The van der Waals surface area contributed by atoms with Crippen LogP contribution in [0.2, 0.25) is 0 Å². The van der Waals surface area contributed by atoms with E-state index in [1.807, 2.05) is 0 Å². The maximum atomic E-state index is 13.9. The molecule has 2 aromatic carbocycles. The number of furan rings is 1. The van der Waals surface area contributed by atoms with Gasteiger partial charge < -0.3 is 19.2 Å². The fourth-order valence-corrected chi connectivity index (χ4v) is 3.62. The molecule has 2 unspecified atom stereocenters. The second kappa shape index (κ2) is 10.9. The van der Waals surface area contributed by atoms with E-state index in [1.165, 1.54) is 12.5 Å². The first-order chi connectivity index (χ1) is 17.7. The molecule has 0 saturated heterocycles. The highest BCUT2D eigenvalue weighted by atomic mass is 16.5. The number of benzene rings is 2. The van der Waals surface area contributed by atoms with E-state index in [4.69, 9.17) is 19.7 Å². The third-order valence-corrected chi connectivity index (χ3v) is 5.39. The summed E-state index contributed by atoms with van der Waals surface area (Å²) in [4.78, 5) is 25.7. The van der Waals surface area contributed by atoms with Crippen molar-refractivity contribution in [3.63, 3.8) is 0 Å². The van der Waals surface area contributed by atoms with E-state index in [1.54, 1.807) is 54.6 Å². The first-order valence-corrected chi connectivity index (χ1v) is 11.0. The van der Waals surface area contributed by atoms with Crippen molar-refractivity contribution in [3.05, 3.63) is 78.3 Å². The van der Waals surface area contributed by atoms with Crippen molar-refractivity contribution in [2.45, 2.75) is 51.0 Å². The molecule has 3 aromatic rings. The van der Waals surface area contributed by atoms with Crippen LogP contribution in [0, 0.1) is 0 Å². The average molecular weight is 452 g/mol. The van der Waals surface area contributed by atoms with Crippen molar-refractivity contribution in [2.24, 2.45) is 0 Å². The molecule has 1 aromatic heterocycles. The number of para-hydroxylation sites is 1. The van der Waals surface area contributed by atoms with Crippen LogP contribution in [0.3, 0.4) is 0 Å². The Kier molecular flexibility index (Phi) is 5.91. The number of ether oxygens (including phenoxy) is 1. The van der Waals surface area contributed by atoms with Crippen molar-refractivity contribution in [3.8, 4) is 16.9 Å². The summed E-state index contributed by atoms with van der Waals surface area (Å²) in [5.41, 5.74) is 2.13. The Balaban J connectivity index is 1.59. The fraction of sp³-hybridized carbons (Fsp3) is 0.333. The molecule has 1 aliphatic carbocycles. The van der Waals surface area contributed by atoms with Gasteiger partial charge in [-0.25, -0.2) is 0 Å². The van der Waals surface area contributed by atoms with E-state index in [9.17, 15) is 9.59 Å². The van der Waals surface area contributed by atoms with Crippen molar-refractivity contribution < 1.29 is 29.3 Å². The molecule has 1 aliphatic rings. The molecule has 1 N–H and O–H groups in total. The van der Waals surface area contributed by atoms with Crippen molar-refractivity contribution in [1.82, 2.24) is 4.90 Å². The highest BCUT2D eigenvalue weighted by Gasteiger charge is 2.34. The lowest BCUT2D eigenvalue weighted by Crippen LogP contribution is -2.33. The Morgan fingerprint density at radius 1 is 1.12 bits per heavy atom. The number of carbonyl (C=O) groups is 2. The fourth-order valence-electron chi connectivity index (χ4n) is 3.62. The molecule has 0 radical (unpaired) electrons. The maximum Gasteiger partial charge on any atom is 0.303 e. The van der Waals surface area contributed by atoms with Gasteiger partial charge in [-0.1, -0.05) is 36.4 Å². The van der Waals surface area contributed by atoms with E-state index in [-0.39, 0.29) is 18.5 Å². The first-order valence-electron chi connectivity index (χ1n) is 13.0. The molecule has 172 valence electrons. The zero-order chi connectivity index (χ0) is 26.6. The van der Waals surface area contributed by atoms with Crippen LogP contribution < -0.4 is 4.74 Å². The molecule has 0 spiro atoms. The van der Waals surface area contributed by atoms with Gasteiger partial charge in [0.25, 0.3) is 5.91 Å². The highest BCUT2D eigenvalue weighted by molar-refractivity contribution is 6.01. The number of nitrogens with zero attached hydrogens (tertiary/aromatic N) is 1. The van der Waals surface area contributed by atoms with Crippen molar-refractivity contribution >= 4 is 11.9 Å². The van der Waals surface area contributed by atoms with E-state index in [2.05, 4.69) is 0 Å². The van der Waals surface area contributed by atoms with Gasteiger partial charge in [0, 0.05) is 39.8 Å². The number of aliphatic carboxylic acids is 1. The van der Waals surface area contributed by atoms with Crippen LogP contribution in [0.25, 0.3) is 11.1 Å². The van der Waals surface area contributed by atoms with Crippen LogP contribution in [-0.2, 0) is 11.3 Å². The summed E-state index contributed by atoms with van der Waals surface area (Å²) in [6, 6.07) is 13.6. The highest BCUT2D eigenvalue weighted by Crippen LogP contribution is 2.34. The number of carboxylic acid groups (broad SMARTS) is 1. The normalized spacial score (nSPS) is 22.4. The molecule has 6 heteroatoms. The molecule has 0 bridgehead atoms. The predicted molar refractivity (Wildman–Crippen MR) is 125 cm³/mol. The van der Waals surface area contributed by atoms with Gasteiger partial charge in [0.15, 0.2) is 0 Å². The quantitative estimate of drug-likeness (QED) is 0.353. The van der Waals surface area contributed by atoms with Crippen LogP contribution in [0.15, 0.2) is 71.5 Å². The minimum atomic E-state index is -2.20. The summed E-state index contributed by atoms with van der Waals surface area (Å²) in [7, 11) is 0. The topological polar surface area (TPSA) is 80.0 Å². The largest absolute Gasteiger partial charge is 0.493 e. The Bertz CT molecular complexity index is 1250. The summed E-state index contributed by atoms with van der Waals surface area (Å²) in [6.45, 7) is 0.230. The number of unbranched alkanes of at least 4 members (excludes halogenated alkanes) is 2. The molecule has 0 aliphatic heterocycles. The summed E-state index contributed by atoms with van der Waals surface area (Å²) >= 11 is 0. The minimum Gasteiger partial charge on any atom is -0.493 e. The lowest BCUT2D eigenvalue weighted by atomic mass is 10.0. The lowest BCUT2D eigenvalue weighted by Gasteiger charge is -2.25. The summed E-state index contributed by atoms with van der Waals surface area (Å²) in [6.07, 6.45) is 1.39. The van der Waals surface area contributed by atoms with Gasteiger partial charge in [-0.15, -0.1) is 0 Å². The predicted octanol–water partition coefficient (Wildman–Crippen LogP) is 5.78. The molecule has 4 rings (SSSR count). The molecule has 1 fully saturated rings. The van der Waals surface area contributed by atoms with Gasteiger partial charge >= 0.3 is 5.97 Å². The van der Waals surface area contributed by atoms with E-state index >= 15 is 0 Å². The number of carboxylic acids is 1. The van der Waals surface area contributed by atoms with Gasteiger partial charge in [-0.3, -0.25) is 9.59 Å². The lowest BCUT2D eigenvalue weighted by molar-refractivity contribution is -0.137. The second-order valence-corrected chi connectivity index (χ2v) is 7.78. The third kappa shape index (κ3) is 6.04. The van der Waals surface area contributed by atoms with Gasteiger partial charge in [0.2, 0.25) is 0 Å². The van der Waals surface area contributed by atoms with Crippen molar-refractivity contribution in [2.75, 3.05) is 6.61 Å². The van der Waals surface area contributed by atoms with E-state index in [0.717, 1.165) is 4.90 Å². The Morgan fingerprint density at radius 3 is 2.67 bits per heavy atom. The molecule has 1 amide bonds. The van der Waals surface area contributed by atoms with Gasteiger partial charge in [-0.2, -0.15) is 0 Å². The Hall–Kier alpha value is -3.54. The van der Waals surface area contributed by atoms with Crippen LogP contribution in [0.1, 0.15) is 59.9 Å². The number of hydrogen-bond acceptors (Lipinski definition) is 4. The molecule has 33 heavy (non-hydrogen) atoms. The van der Waals surface area contributed by atoms with Crippen LogP contribution in [0.4, 0.5) is 0 Å². The minimum absolute atomic E-state index is 0.107. The molecular weight excluding hydrogens is 418 g/mol. The number of carbonyl (C=O) groups excluding carboxylic acids is 1. The molecule has 1 heterocycles. The maximum absolute atomic E-state index is 13.9. The summed E-state index contributed by atoms with van der Waals surface area (Å²) < 4.78 is 44.6. The number of rotatable bonds is 12. The Labute approximate surface area is 199 Å². The van der Waals surface area contributed by atoms with Gasteiger partial charge in [0.1, 0.15) is 5.75 Å². The third-order valence-electron chi connectivity index (χ3n) is 5.39. The zero-order valence-corrected chi connectivity index (χ0v) is 18.2. The summed E-state index contributed by atoms with van der Waals surface area (Å²) in [5.74, 6) is -0.899. The van der Waals surface area contributed by atoms with Crippen LogP contribution >= 0.6 is 0 Å². The first kappa shape index (κ1) is 18.0. The van der Waals surface area contributed by atoms with Crippen LogP contribution in [0.5, 0.6) is 5.75 Å². The monoisotopic (exact) mass is 451 g/mol. The number of amides is 1. The molecule has 6 nitrogen and oxygen atoms in total.